The number of esters is 1. The molecule has 0 radical (unpaired) electrons. The lowest BCUT2D eigenvalue weighted by Crippen LogP contribution is -2.59. The smallest absolute Gasteiger partial charge is 0.337 e. The molecule has 1 aliphatic carbocycles. The Morgan fingerprint density at radius 1 is 1.16 bits per heavy atom. The van der Waals surface area contributed by atoms with Crippen LogP contribution in [-0.2, 0) is 19.6 Å². The molecule has 1 saturated heterocycles. The van der Waals surface area contributed by atoms with Gasteiger partial charge in [0.1, 0.15) is 24.4 Å². The SMILES string of the molecule is COC(=O)c1ccc(C2(C)C=C(Cl)C(O[C@H]3OC(CO)[C@@H](O)C(O)C3O)=C(Cl)C2)cc1. The van der Waals surface area contributed by atoms with Gasteiger partial charge in [-0.15, -0.1) is 0 Å². The molecule has 2 aliphatic rings. The fraction of sp³-hybridized carbons (Fsp3) is 0.476. The van der Waals surface area contributed by atoms with Crippen LogP contribution in [0.4, 0.5) is 0 Å². The molecule has 4 unspecified atom stereocenters. The van der Waals surface area contributed by atoms with Crippen LogP contribution in [0.2, 0.25) is 0 Å². The third-order valence-corrected chi connectivity index (χ3v) is 6.06. The lowest BCUT2D eigenvalue weighted by molar-refractivity contribution is -0.290. The summed E-state index contributed by atoms with van der Waals surface area (Å²) in [7, 11) is 1.31. The zero-order valence-corrected chi connectivity index (χ0v) is 18.4. The van der Waals surface area contributed by atoms with Crippen molar-refractivity contribution in [2.45, 2.75) is 49.5 Å². The van der Waals surface area contributed by atoms with Crippen molar-refractivity contribution in [2.75, 3.05) is 13.7 Å². The molecule has 1 aromatic carbocycles. The van der Waals surface area contributed by atoms with Crippen molar-refractivity contribution in [1.29, 1.82) is 0 Å². The number of hydrogen-bond donors (Lipinski definition) is 4. The summed E-state index contributed by atoms with van der Waals surface area (Å²) in [5.74, 6) is -0.376. The number of ether oxygens (including phenoxy) is 3. The number of aliphatic hydroxyl groups is 4. The van der Waals surface area contributed by atoms with Gasteiger partial charge in [0.25, 0.3) is 0 Å². The number of hydrogen-bond acceptors (Lipinski definition) is 8. The third kappa shape index (κ3) is 4.75. The number of halogens is 2. The maximum Gasteiger partial charge on any atom is 0.337 e. The predicted octanol–water partition coefficient (Wildman–Crippen LogP) is 1.52. The van der Waals surface area contributed by atoms with E-state index in [1.807, 2.05) is 6.92 Å². The van der Waals surface area contributed by atoms with E-state index in [-0.39, 0.29) is 15.8 Å². The summed E-state index contributed by atoms with van der Waals surface area (Å²) in [5, 5.41) is 39.8. The largest absolute Gasteiger partial charge is 0.465 e. The highest BCUT2D eigenvalue weighted by molar-refractivity contribution is 6.35. The first-order valence-corrected chi connectivity index (χ1v) is 10.3. The summed E-state index contributed by atoms with van der Waals surface area (Å²) in [6, 6.07) is 6.85. The zero-order chi connectivity index (χ0) is 22.9. The van der Waals surface area contributed by atoms with E-state index in [4.69, 9.17) is 37.4 Å². The summed E-state index contributed by atoms with van der Waals surface area (Å²) >= 11 is 12.9. The van der Waals surface area contributed by atoms with E-state index < -0.39 is 48.7 Å². The van der Waals surface area contributed by atoms with Gasteiger partial charge in [-0.2, -0.15) is 0 Å². The van der Waals surface area contributed by atoms with Gasteiger partial charge in [-0.25, -0.2) is 4.79 Å². The predicted molar refractivity (Wildman–Crippen MR) is 111 cm³/mol. The normalized spacial score (nSPS) is 33.7. The number of methoxy groups -OCH3 is 1. The van der Waals surface area contributed by atoms with E-state index in [2.05, 4.69) is 0 Å². The minimum atomic E-state index is -1.58. The molecule has 0 amide bonds. The van der Waals surface area contributed by atoms with Crippen molar-refractivity contribution in [3.8, 4) is 0 Å². The van der Waals surface area contributed by atoms with Gasteiger partial charge in [-0.05, 0) is 24.1 Å². The molecule has 6 atom stereocenters. The Hall–Kier alpha value is -1.65. The molecule has 31 heavy (non-hydrogen) atoms. The van der Waals surface area contributed by atoms with E-state index in [9.17, 15) is 25.2 Å². The van der Waals surface area contributed by atoms with Gasteiger partial charge in [0.05, 0.1) is 29.3 Å². The molecule has 1 aromatic rings. The Morgan fingerprint density at radius 3 is 2.35 bits per heavy atom. The Morgan fingerprint density at radius 2 is 1.81 bits per heavy atom. The lowest BCUT2D eigenvalue weighted by atomic mass is 9.76. The Balaban J connectivity index is 1.81. The van der Waals surface area contributed by atoms with Crippen LogP contribution in [0.15, 0.2) is 46.2 Å². The maximum absolute atomic E-state index is 11.7. The van der Waals surface area contributed by atoms with E-state index in [0.29, 0.717) is 12.0 Å². The van der Waals surface area contributed by atoms with Gasteiger partial charge in [0, 0.05) is 5.41 Å². The Labute approximate surface area is 189 Å². The van der Waals surface area contributed by atoms with Crippen LogP contribution in [-0.4, -0.2) is 70.8 Å². The number of benzene rings is 1. The molecular weight excluding hydrogens is 451 g/mol. The van der Waals surface area contributed by atoms with Crippen LogP contribution in [0.3, 0.4) is 0 Å². The van der Waals surface area contributed by atoms with E-state index in [1.54, 1.807) is 30.3 Å². The quantitative estimate of drug-likeness (QED) is 0.473. The summed E-state index contributed by atoms with van der Waals surface area (Å²) in [6.45, 7) is 1.33. The van der Waals surface area contributed by atoms with Crippen LogP contribution >= 0.6 is 23.2 Å². The molecule has 1 aliphatic heterocycles. The fourth-order valence-electron chi connectivity index (χ4n) is 3.62. The molecule has 0 bridgehead atoms. The highest BCUT2D eigenvalue weighted by atomic mass is 35.5. The molecule has 4 N–H and O–H groups in total. The second kappa shape index (κ2) is 9.46. The van der Waals surface area contributed by atoms with E-state index >= 15 is 0 Å². The molecule has 0 spiro atoms. The average Bonchev–Trinajstić information content (AvgIpc) is 2.75. The lowest BCUT2D eigenvalue weighted by Gasteiger charge is -2.40. The minimum absolute atomic E-state index is 0.0660. The van der Waals surface area contributed by atoms with Gasteiger partial charge in [-0.3, -0.25) is 0 Å². The molecule has 170 valence electrons. The number of allylic oxidation sites excluding steroid dienone is 3. The van der Waals surface area contributed by atoms with Gasteiger partial charge >= 0.3 is 5.97 Å². The monoisotopic (exact) mass is 474 g/mol. The van der Waals surface area contributed by atoms with Gasteiger partial charge in [0.15, 0.2) is 5.76 Å². The van der Waals surface area contributed by atoms with Gasteiger partial charge < -0.3 is 34.6 Å². The maximum atomic E-state index is 11.7. The zero-order valence-electron chi connectivity index (χ0n) is 16.9. The molecule has 0 saturated carbocycles. The van der Waals surface area contributed by atoms with Crippen molar-refractivity contribution >= 4 is 29.2 Å². The van der Waals surface area contributed by atoms with Crippen molar-refractivity contribution < 1.29 is 39.4 Å². The second-order valence-corrected chi connectivity index (χ2v) is 8.57. The van der Waals surface area contributed by atoms with Crippen LogP contribution in [0.25, 0.3) is 0 Å². The first-order chi connectivity index (χ1) is 14.6. The summed E-state index contributed by atoms with van der Waals surface area (Å²) in [5.41, 5.74) is 0.655. The highest BCUT2D eigenvalue weighted by Gasteiger charge is 2.45. The molecular formula is C21H24Cl2O8. The van der Waals surface area contributed by atoms with Crippen LogP contribution in [0.1, 0.15) is 29.3 Å². The summed E-state index contributed by atoms with van der Waals surface area (Å²) < 4.78 is 15.7. The van der Waals surface area contributed by atoms with Crippen LogP contribution in [0, 0.1) is 0 Å². The first-order valence-electron chi connectivity index (χ1n) is 9.54. The number of rotatable bonds is 5. The molecule has 3 rings (SSSR count). The van der Waals surface area contributed by atoms with Crippen LogP contribution < -0.4 is 0 Å². The molecule has 1 heterocycles. The van der Waals surface area contributed by atoms with E-state index in [1.165, 1.54) is 7.11 Å². The minimum Gasteiger partial charge on any atom is -0.465 e. The second-order valence-electron chi connectivity index (χ2n) is 7.70. The standard InChI is InChI=1S/C21H24Cl2O8/c1-21(11-5-3-10(4-6-11)19(28)29-2)7-12(22)18(13(23)8-21)31-20-17(27)16(26)15(25)14(9-24)30-20/h3-7,14-17,20,24-27H,8-9H2,1-2H3/t14?,15-,16?,17?,20-,21?/m1/s1. The number of carbonyl (C=O) groups is 1. The summed E-state index contributed by atoms with van der Waals surface area (Å²) in [6.07, 6.45) is -5.16. The van der Waals surface area contributed by atoms with Crippen LogP contribution in [0.5, 0.6) is 0 Å². The molecule has 1 fully saturated rings. The van der Waals surface area contributed by atoms with Gasteiger partial charge in [-0.1, -0.05) is 48.3 Å². The number of aliphatic hydroxyl groups excluding tert-OH is 4. The van der Waals surface area contributed by atoms with Gasteiger partial charge in [0.2, 0.25) is 6.29 Å². The molecule has 0 aromatic heterocycles. The van der Waals surface area contributed by atoms with Crippen molar-refractivity contribution in [2.24, 2.45) is 0 Å². The molecule has 10 heteroatoms. The first kappa shape index (κ1) is 24.0. The highest BCUT2D eigenvalue weighted by Crippen LogP contribution is 2.44. The van der Waals surface area contributed by atoms with Crippen molar-refractivity contribution in [3.63, 3.8) is 0 Å². The number of carbonyl (C=O) groups excluding carboxylic acids is 1. The van der Waals surface area contributed by atoms with Crippen molar-refractivity contribution in [1.82, 2.24) is 0 Å². The topological polar surface area (TPSA) is 126 Å². The van der Waals surface area contributed by atoms with Crippen molar-refractivity contribution in [3.05, 3.63) is 57.3 Å². The molecule has 8 nitrogen and oxygen atoms in total. The fourth-order valence-corrected chi connectivity index (χ4v) is 4.49. The average molecular weight is 475 g/mol. The Kier molecular flexibility index (Phi) is 7.32. The van der Waals surface area contributed by atoms with E-state index in [0.717, 1.165) is 5.56 Å². The summed E-state index contributed by atoms with van der Waals surface area (Å²) in [4.78, 5) is 11.7. The third-order valence-electron chi connectivity index (χ3n) is 5.48. The Bertz CT molecular complexity index is 882.